The smallest absolute Gasteiger partial charge is 0.0626 e. The summed E-state index contributed by atoms with van der Waals surface area (Å²) in [5.41, 5.74) is 23.4. The molecule has 0 aliphatic heterocycles. The summed E-state index contributed by atoms with van der Waals surface area (Å²) in [5.74, 6) is 0. The lowest BCUT2D eigenvalue weighted by Gasteiger charge is -2.22. The van der Waals surface area contributed by atoms with Crippen molar-refractivity contribution in [1.29, 1.82) is 0 Å². The van der Waals surface area contributed by atoms with Crippen molar-refractivity contribution in [3.63, 3.8) is 0 Å². The van der Waals surface area contributed by atoms with Crippen LogP contribution in [-0.2, 0) is 16.2 Å². The van der Waals surface area contributed by atoms with Gasteiger partial charge in [-0.05, 0) is 170 Å². The van der Waals surface area contributed by atoms with Gasteiger partial charge >= 0.3 is 0 Å². The van der Waals surface area contributed by atoms with Crippen LogP contribution in [0.15, 0.2) is 224 Å². The molecule has 0 N–H and O–H groups in total. The molecule has 18 rings (SSSR count). The Kier molecular flexibility index (Phi) is 9.74. The van der Waals surface area contributed by atoms with E-state index < -0.39 is 0 Å². The third kappa shape index (κ3) is 6.70. The average Bonchev–Trinajstić information content (AvgIpc) is 1.58. The summed E-state index contributed by atoms with van der Waals surface area (Å²) in [6, 6.07) is 85.9. The van der Waals surface area contributed by atoms with Gasteiger partial charge in [0.1, 0.15) is 0 Å². The standard InChI is InChI=1S/C82H64N4/c1-80(2,3)50-39-58(48-32-34-71-59(36-48)56-28-18-20-30-69(56)83(71)53-23-12-10-13-24-53)76-67(42-50)68-44-52(82(7,8)9)40-64-61-46-74-62(45-73(61)85(76)77(64)68)65-41-51(81(4,5)6)43-66-63-37-47-22-16-17-27-55(47)75(79(63)86(74)78(65)66)49-33-35-72-60(38-49)57-29-19-21-31-70(57)84(72)54-25-14-11-15-26-54/h10-46H,1-9H3. The molecule has 86 heavy (non-hydrogen) atoms. The van der Waals surface area contributed by atoms with E-state index in [1.54, 1.807) is 0 Å². The van der Waals surface area contributed by atoms with Crippen LogP contribution in [0.2, 0.25) is 0 Å². The fraction of sp³-hybridized carbons (Fsp3) is 0.146. The molecule has 0 unspecified atom stereocenters. The number of fused-ring (bicyclic) bond motifs is 19. The minimum atomic E-state index is -0.104. The number of para-hydroxylation sites is 4. The van der Waals surface area contributed by atoms with E-state index in [9.17, 15) is 0 Å². The quantitative estimate of drug-likeness (QED) is 0.167. The molecule has 6 aromatic heterocycles. The number of nitrogens with zero attached hydrogens (tertiary/aromatic N) is 4. The van der Waals surface area contributed by atoms with Crippen molar-refractivity contribution in [2.45, 2.75) is 78.6 Å². The SMILES string of the molecule is CC(C)(C)c1cc(-c2ccc3c(c2)c2ccccc2n3-c2ccccc2)c2c(c1)c1cc(C(C)(C)C)cc3c4cc5c(cc4n2c31)c1cc(C(C)(C)C)cc2c3cc4ccccc4c(-c4ccc6c(c4)c4ccccc4n6-c4ccccc4)c3n5c12. The molecule has 0 aliphatic rings. The first-order valence-electron chi connectivity index (χ1n) is 30.7. The molecule has 0 fully saturated rings. The van der Waals surface area contributed by atoms with Gasteiger partial charge in [-0.25, -0.2) is 0 Å². The lowest BCUT2D eigenvalue weighted by atomic mass is 9.83. The van der Waals surface area contributed by atoms with Crippen LogP contribution < -0.4 is 0 Å². The van der Waals surface area contributed by atoms with Gasteiger partial charge in [-0.2, -0.15) is 0 Å². The summed E-state index contributed by atoms with van der Waals surface area (Å²) >= 11 is 0. The van der Waals surface area contributed by atoms with Crippen LogP contribution in [0, 0.1) is 0 Å². The Morgan fingerprint density at radius 3 is 1.13 bits per heavy atom. The van der Waals surface area contributed by atoms with E-state index in [-0.39, 0.29) is 16.2 Å². The highest BCUT2D eigenvalue weighted by molar-refractivity contribution is 6.32. The normalized spacial score (nSPS) is 13.2. The molecule has 0 saturated heterocycles. The van der Waals surface area contributed by atoms with Gasteiger partial charge in [0.15, 0.2) is 0 Å². The largest absolute Gasteiger partial charge is 0.309 e. The van der Waals surface area contributed by atoms with E-state index in [2.05, 4.69) is 305 Å². The zero-order valence-corrected chi connectivity index (χ0v) is 50.2. The van der Waals surface area contributed by atoms with E-state index in [0.29, 0.717) is 0 Å². The first-order valence-corrected chi connectivity index (χ1v) is 30.7. The highest BCUT2D eigenvalue weighted by Crippen LogP contribution is 2.52. The van der Waals surface area contributed by atoms with Crippen LogP contribution >= 0.6 is 0 Å². The lowest BCUT2D eigenvalue weighted by molar-refractivity contribution is 0.591. The fourth-order valence-corrected chi connectivity index (χ4v) is 15.3. The van der Waals surface area contributed by atoms with Crippen molar-refractivity contribution < 1.29 is 0 Å². The predicted octanol–water partition coefficient (Wildman–Crippen LogP) is 22.6. The minimum absolute atomic E-state index is 0.102. The summed E-state index contributed by atoms with van der Waals surface area (Å²) in [5, 5.41) is 17.9. The fourth-order valence-electron chi connectivity index (χ4n) is 15.3. The Hall–Kier alpha value is -9.90. The monoisotopic (exact) mass is 1100 g/mol. The van der Waals surface area contributed by atoms with Gasteiger partial charge < -0.3 is 17.9 Å². The van der Waals surface area contributed by atoms with Crippen LogP contribution in [0.5, 0.6) is 0 Å². The molecule has 6 heterocycles. The van der Waals surface area contributed by atoms with Crippen LogP contribution in [0.25, 0.3) is 164 Å². The molecule has 18 aromatic rings. The lowest BCUT2D eigenvalue weighted by Crippen LogP contribution is -2.11. The van der Waals surface area contributed by atoms with Crippen LogP contribution in [0.4, 0.5) is 0 Å². The average molecular weight is 1110 g/mol. The van der Waals surface area contributed by atoms with Gasteiger partial charge in [-0.3, -0.25) is 0 Å². The molecule has 4 heteroatoms. The van der Waals surface area contributed by atoms with E-state index in [4.69, 9.17) is 0 Å². The molecule has 0 bridgehead atoms. The summed E-state index contributed by atoms with van der Waals surface area (Å²) in [4.78, 5) is 0. The van der Waals surface area contributed by atoms with Crippen molar-refractivity contribution in [2.24, 2.45) is 0 Å². The Balaban J connectivity index is 0.988. The van der Waals surface area contributed by atoms with Gasteiger partial charge in [0.05, 0.1) is 55.2 Å². The van der Waals surface area contributed by atoms with Crippen molar-refractivity contribution in [2.75, 3.05) is 0 Å². The van der Waals surface area contributed by atoms with Gasteiger partial charge in [0.2, 0.25) is 0 Å². The van der Waals surface area contributed by atoms with Gasteiger partial charge in [0.25, 0.3) is 0 Å². The molecule has 0 atom stereocenters. The summed E-state index contributed by atoms with van der Waals surface area (Å²) in [7, 11) is 0. The molecule has 4 nitrogen and oxygen atoms in total. The molecule has 0 amide bonds. The zero-order chi connectivity index (χ0) is 58.0. The molecule has 0 spiro atoms. The van der Waals surface area contributed by atoms with Crippen LogP contribution in [0.1, 0.15) is 79.0 Å². The van der Waals surface area contributed by atoms with Crippen molar-refractivity contribution in [3.05, 3.63) is 241 Å². The van der Waals surface area contributed by atoms with Gasteiger partial charge in [-0.15, -0.1) is 0 Å². The Morgan fingerprint density at radius 2 is 0.616 bits per heavy atom. The van der Waals surface area contributed by atoms with Crippen molar-refractivity contribution in [1.82, 2.24) is 17.9 Å². The highest BCUT2D eigenvalue weighted by atomic mass is 15.0. The second kappa shape index (κ2) is 16.9. The maximum Gasteiger partial charge on any atom is 0.0626 e. The van der Waals surface area contributed by atoms with E-state index in [0.717, 1.165) is 5.69 Å². The maximum absolute atomic E-state index is 2.68. The molecular weight excluding hydrogens is 1040 g/mol. The Labute approximate surface area is 499 Å². The summed E-state index contributed by atoms with van der Waals surface area (Å²) < 4.78 is 10.2. The van der Waals surface area contributed by atoms with Crippen LogP contribution in [0.3, 0.4) is 0 Å². The van der Waals surface area contributed by atoms with E-state index in [1.165, 1.54) is 175 Å². The Bertz CT molecular complexity index is 5920. The first-order chi connectivity index (χ1) is 41.6. The van der Waals surface area contributed by atoms with E-state index >= 15 is 0 Å². The molecule has 0 radical (unpaired) electrons. The predicted molar refractivity (Wildman–Crippen MR) is 369 cm³/mol. The van der Waals surface area contributed by atoms with Gasteiger partial charge in [-0.1, -0.05) is 172 Å². The molecule has 0 aliphatic carbocycles. The number of hydrogen-bond acceptors (Lipinski definition) is 0. The topological polar surface area (TPSA) is 18.7 Å². The van der Waals surface area contributed by atoms with Crippen LogP contribution in [-0.4, -0.2) is 17.9 Å². The van der Waals surface area contributed by atoms with Gasteiger partial charge in [0, 0.05) is 87.1 Å². The zero-order valence-electron chi connectivity index (χ0n) is 50.2. The molecular formula is C82H64N4. The van der Waals surface area contributed by atoms with Crippen molar-refractivity contribution >= 4 is 131 Å². The highest BCUT2D eigenvalue weighted by Gasteiger charge is 2.31. The van der Waals surface area contributed by atoms with E-state index in [1.807, 2.05) is 0 Å². The number of hydrogen-bond donors (Lipinski definition) is 0. The summed E-state index contributed by atoms with van der Waals surface area (Å²) in [6.07, 6.45) is 0. The minimum Gasteiger partial charge on any atom is -0.309 e. The number of rotatable bonds is 4. The second-order valence-corrected chi connectivity index (χ2v) is 27.8. The third-order valence-corrected chi connectivity index (χ3v) is 19.6. The second-order valence-electron chi connectivity index (χ2n) is 27.8. The third-order valence-electron chi connectivity index (χ3n) is 19.6. The van der Waals surface area contributed by atoms with Crippen molar-refractivity contribution in [3.8, 4) is 33.6 Å². The number of aromatic nitrogens is 4. The maximum atomic E-state index is 2.68. The summed E-state index contributed by atoms with van der Waals surface area (Å²) in [6.45, 7) is 21.3. The molecule has 12 aromatic carbocycles. The molecule has 0 saturated carbocycles. The Morgan fingerprint density at radius 1 is 0.244 bits per heavy atom. The molecule has 412 valence electrons. The number of benzene rings is 12. The first kappa shape index (κ1) is 49.5.